The van der Waals surface area contributed by atoms with Gasteiger partial charge in [0.15, 0.2) is 0 Å². The number of benzene rings is 3. The molecule has 0 fully saturated rings. The van der Waals surface area contributed by atoms with E-state index in [2.05, 4.69) is 0 Å². The average molecular weight is 350 g/mol. The summed E-state index contributed by atoms with van der Waals surface area (Å²) in [6, 6.07) is 18.2. The van der Waals surface area contributed by atoms with E-state index in [0.29, 0.717) is 23.5 Å². The Bertz CT molecular complexity index is 947. The summed E-state index contributed by atoms with van der Waals surface area (Å²) in [4.78, 5) is 23.9. The van der Waals surface area contributed by atoms with Gasteiger partial charge in [0.2, 0.25) is 0 Å². The van der Waals surface area contributed by atoms with E-state index in [0.717, 1.165) is 16.3 Å². The van der Waals surface area contributed by atoms with Crippen LogP contribution in [-0.2, 0) is 16.1 Å². The lowest BCUT2D eigenvalue weighted by atomic mass is 10.0. The third kappa shape index (κ3) is 3.67. The van der Waals surface area contributed by atoms with Crippen LogP contribution in [0, 0.1) is 0 Å². The predicted octanol–water partition coefficient (Wildman–Crippen LogP) is 3.99. The number of carbonyl (C=O) groups is 2. The maximum absolute atomic E-state index is 12.2. The molecule has 3 aromatic rings. The van der Waals surface area contributed by atoms with E-state index in [1.807, 2.05) is 30.3 Å². The fourth-order valence-electron chi connectivity index (χ4n) is 2.65. The van der Waals surface area contributed by atoms with Gasteiger partial charge in [-0.1, -0.05) is 36.4 Å². The highest BCUT2D eigenvalue weighted by Crippen LogP contribution is 2.28. The Kier molecular flexibility index (Phi) is 5.17. The van der Waals surface area contributed by atoms with Gasteiger partial charge in [-0.15, -0.1) is 0 Å². The van der Waals surface area contributed by atoms with Crippen LogP contribution < -0.4 is 4.74 Å². The van der Waals surface area contributed by atoms with Gasteiger partial charge in [-0.05, 0) is 40.6 Å². The van der Waals surface area contributed by atoms with Gasteiger partial charge in [-0.3, -0.25) is 0 Å². The zero-order chi connectivity index (χ0) is 18.5. The molecule has 5 nitrogen and oxygen atoms in total. The van der Waals surface area contributed by atoms with Crippen LogP contribution in [0.2, 0.25) is 0 Å². The third-order valence-corrected chi connectivity index (χ3v) is 4.00. The molecule has 0 radical (unpaired) electrons. The fourth-order valence-corrected chi connectivity index (χ4v) is 2.65. The van der Waals surface area contributed by atoms with Crippen molar-refractivity contribution in [3.63, 3.8) is 0 Å². The Morgan fingerprint density at radius 3 is 2.23 bits per heavy atom. The monoisotopic (exact) mass is 350 g/mol. The van der Waals surface area contributed by atoms with E-state index in [4.69, 9.17) is 14.2 Å². The van der Waals surface area contributed by atoms with Crippen molar-refractivity contribution >= 4 is 22.7 Å². The number of esters is 2. The molecule has 0 aromatic heterocycles. The van der Waals surface area contributed by atoms with E-state index in [1.165, 1.54) is 14.2 Å². The summed E-state index contributed by atoms with van der Waals surface area (Å²) < 4.78 is 15.5. The van der Waals surface area contributed by atoms with Crippen molar-refractivity contribution in [1.82, 2.24) is 0 Å². The predicted molar refractivity (Wildman–Crippen MR) is 97.4 cm³/mol. The van der Waals surface area contributed by atoms with Crippen LogP contribution in [-0.4, -0.2) is 26.2 Å². The lowest BCUT2D eigenvalue weighted by Gasteiger charge is -2.12. The molecule has 0 aliphatic carbocycles. The van der Waals surface area contributed by atoms with Crippen LogP contribution in [0.4, 0.5) is 0 Å². The van der Waals surface area contributed by atoms with Gasteiger partial charge in [0.05, 0.1) is 19.8 Å². The molecule has 0 spiro atoms. The highest BCUT2D eigenvalue weighted by molar-refractivity contribution is 6.01. The molecule has 0 atom stereocenters. The maximum Gasteiger partial charge on any atom is 0.341 e. The number of hydrogen-bond donors (Lipinski definition) is 0. The first kappa shape index (κ1) is 17.5. The van der Waals surface area contributed by atoms with Crippen LogP contribution >= 0.6 is 0 Å². The Hall–Kier alpha value is -3.34. The SMILES string of the molecule is COC(=O)c1ccc2cc(OCc3ccccc3)c(C(=O)OC)cc2c1. The molecule has 3 aromatic carbocycles. The zero-order valence-corrected chi connectivity index (χ0v) is 14.5. The van der Waals surface area contributed by atoms with E-state index in [-0.39, 0.29) is 0 Å². The standard InChI is InChI=1S/C21H18O5/c1-24-20(22)16-9-8-15-12-19(26-13-14-6-4-3-5-7-14)18(21(23)25-2)11-17(15)10-16/h3-12H,13H2,1-2H3. The molecule has 0 aliphatic rings. The van der Waals surface area contributed by atoms with E-state index in [1.54, 1.807) is 30.3 Å². The number of fused-ring (bicyclic) bond motifs is 1. The Labute approximate surface area is 151 Å². The summed E-state index contributed by atoms with van der Waals surface area (Å²) in [7, 11) is 2.64. The lowest BCUT2D eigenvalue weighted by Crippen LogP contribution is -2.06. The van der Waals surface area contributed by atoms with Crippen molar-refractivity contribution in [1.29, 1.82) is 0 Å². The van der Waals surface area contributed by atoms with E-state index in [9.17, 15) is 9.59 Å². The lowest BCUT2D eigenvalue weighted by molar-refractivity contribution is 0.0589. The molecule has 5 heteroatoms. The van der Waals surface area contributed by atoms with Gasteiger partial charge < -0.3 is 14.2 Å². The summed E-state index contributed by atoms with van der Waals surface area (Å²) >= 11 is 0. The largest absolute Gasteiger partial charge is 0.488 e. The maximum atomic E-state index is 12.2. The van der Waals surface area contributed by atoms with Crippen molar-refractivity contribution < 1.29 is 23.8 Å². The van der Waals surface area contributed by atoms with E-state index >= 15 is 0 Å². The van der Waals surface area contributed by atoms with Gasteiger partial charge >= 0.3 is 11.9 Å². The quantitative estimate of drug-likeness (QED) is 0.651. The van der Waals surface area contributed by atoms with Crippen molar-refractivity contribution in [3.05, 3.63) is 77.4 Å². The normalized spacial score (nSPS) is 10.4. The number of methoxy groups -OCH3 is 2. The summed E-state index contributed by atoms with van der Waals surface area (Å²) in [5, 5.41) is 1.56. The minimum atomic E-state index is -0.501. The molecular weight excluding hydrogens is 332 g/mol. The first-order valence-electron chi connectivity index (χ1n) is 8.03. The molecule has 0 amide bonds. The van der Waals surface area contributed by atoms with Gasteiger partial charge in [0, 0.05) is 0 Å². The number of rotatable bonds is 5. The zero-order valence-electron chi connectivity index (χ0n) is 14.5. The average Bonchev–Trinajstić information content (AvgIpc) is 2.70. The molecule has 0 N–H and O–H groups in total. The second-order valence-corrected chi connectivity index (χ2v) is 5.67. The van der Waals surface area contributed by atoms with Gasteiger partial charge in [-0.2, -0.15) is 0 Å². The third-order valence-electron chi connectivity index (χ3n) is 4.00. The van der Waals surface area contributed by atoms with Crippen molar-refractivity contribution in [2.24, 2.45) is 0 Å². The molecule has 26 heavy (non-hydrogen) atoms. The van der Waals surface area contributed by atoms with Crippen LogP contribution in [0.5, 0.6) is 5.75 Å². The van der Waals surface area contributed by atoms with Gasteiger partial charge in [0.25, 0.3) is 0 Å². The molecule has 0 aliphatic heterocycles. The number of hydrogen-bond acceptors (Lipinski definition) is 5. The van der Waals surface area contributed by atoms with Crippen LogP contribution in [0.15, 0.2) is 60.7 Å². The van der Waals surface area contributed by atoms with Crippen LogP contribution in [0.3, 0.4) is 0 Å². The summed E-state index contributed by atoms with van der Waals surface area (Å²) in [6.45, 7) is 0.330. The van der Waals surface area contributed by atoms with E-state index < -0.39 is 11.9 Å². The Morgan fingerprint density at radius 1 is 0.808 bits per heavy atom. The smallest absolute Gasteiger partial charge is 0.341 e. The molecule has 0 unspecified atom stereocenters. The highest BCUT2D eigenvalue weighted by atomic mass is 16.5. The molecule has 3 rings (SSSR count). The summed E-state index contributed by atoms with van der Waals surface area (Å²) in [5.74, 6) is -0.506. The Balaban J connectivity index is 2.00. The van der Waals surface area contributed by atoms with Crippen molar-refractivity contribution in [2.45, 2.75) is 6.61 Å². The molecule has 132 valence electrons. The second-order valence-electron chi connectivity index (χ2n) is 5.67. The minimum Gasteiger partial charge on any atom is -0.488 e. The summed E-state index contributed by atoms with van der Waals surface area (Å²) in [5.41, 5.74) is 1.70. The molecule has 0 bridgehead atoms. The van der Waals surface area contributed by atoms with Crippen molar-refractivity contribution in [2.75, 3.05) is 14.2 Å². The second kappa shape index (κ2) is 7.70. The number of ether oxygens (including phenoxy) is 3. The first-order chi connectivity index (χ1) is 12.6. The molecule has 0 heterocycles. The van der Waals surface area contributed by atoms with Gasteiger partial charge in [-0.25, -0.2) is 9.59 Å². The first-order valence-corrected chi connectivity index (χ1v) is 8.03. The highest BCUT2D eigenvalue weighted by Gasteiger charge is 2.16. The molecule has 0 saturated heterocycles. The van der Waals surface area contributed by atoms with Crippen LogP contribution in [0.1, 0.15) is 26.3 Å². The van der Waals surface area contributed by atoms with Crippen molar-refractivity contribution in [3.8, 4) is 5.75 Å². The molecule has 0 saturated carbocycles. The molecular formula is C21H18O5. The van der Waals surface area contributed by atoms with Gasteiger partial charge in [0.1, 0.15) is 17.9 Å². The minimum absolute atomic E-state index is 0.304. The fraction of sp³-hybridized carbons (Fsp3) is 0.143. The topological polar surface area (TPSA) is 61.8 Å². The summed E-state index contributed by atoms with van der Waals surface area (Å²) in [6.07, 6.45) is 0. The number of carbonyl (C=O) groups excluding carboxylic acids is 2. The van der Waals surface area contributed by atoms with Crippen LogP contribution in [0.25, 0.3) is 10.8 Å². The Morgan fingerprint density at radius 2 is 1.54 bits per heavy atom.